The summed E-state index contributed by atoms with van der Waals surface area (Å²) in [5.41, 5.74) is 4.94. The van der Waals surface area contributed by atoms with Gasteiger partial charge in [0.05, 0.1) is 5.56 Å². The average molecular weight is 246 g/mol. The van der Waals surface area contributed by atoms with Crippen LogP contribution in [0.5, 0.6) is 5.88 Å². The Hall–Kier alpha value is -1.30. The molecule has 2 N–H and O–H groups in total. The summed E-state index contributed by atoms with van der Waals surface area (Å²) in [7, 11) is 0. The minimum Gasteiger partial charge on any atom is -0.474 e. The number of rotatable bonds is 2. The minimum absolute atomic E-state index is 0.0331. The molecule has 17 heavy (non-hydrogen) atoms. The van der Waals surface area contributed by atoms with E-state index in [1.807, 2.05) is 0 Å². The van der Waals surface area contributed by atoms with Gasteiger partial charge in [-0.3, -0.25) is 0 Å². The van der Waals surface area contributed by atoms with E-state index in [4.69, 9.17) is 10.5 Å². The van der Waals surface area contributed by atoms with E-state index in [1.54, 1.807) is 0 Å². The molecule has 1 aromatic rings. The first kappa shape index (κ1) is 12.2. The van der Waals surface area contributed by atoms with Crippen LogP contribution < -0.4 is 10.5 Å². The highest BCUT2D eigenvalue weighted by molar-refractivity contribution is 5.20. The van der Waals surface area contributed by atoms with Crippen LogP contribution >= 0.6 is 0 Å². The number of ether oxygens (including phenoxy) is 1. The number of halogens is 3. The maximum atomic E-state index is 12.3. The summed E-state index contributed by atoms with van der Waals surface area (Å²) in [6.07, 6.45) is -1.18. The van der Waals surface area contributed by atoms with Crippen LogP contribution in [0, 0.1) is 0 Å². The summed E-state index contributed by atoms with van der Waals surface area (Å²) in [6.45, 7) is 0. The molecule has 1 aromatic heterocycles. The van der Waals surface area contributed by atoms with Gasteiger partial charge in [-0.25, -0.2) is 4.98 Å². The zero-order valence-corrected chi connectivity index (χ0v) is 9.07. The quantitative estimate of drug-likeness (QED) is 0.871. The molecule has 2 rings (SSSR count). The van der Waals surface area contributed by atoms with Crippen molar-refractivity contribution in [1.29, 1.82) is 0 Å². The molecule has 1 heterocycles. The van der Waals surface area contributed by atoms with Crippen molar-refractivity contribution in [2.75, 3.05) is 0 Å². The third kappa shape index (κ3) is 3.09. The molecule has 0 aromatic carbocycles. The molecule has 6 heteroatoms. The van der Waals surface area contributed by atoms with Crippen LogP contribution in [0.15, 0.2) is 18.3 Å². The fourth-order valence-corrected chi connectivity index (χ4v) is 1.87. The van der Waals surface area contributed by atoms with Gasteiger partial charge in [-0.05, 0) is 25.3 Å². The monoisotopic (exact) mass is 246 g/mol. The van der Waals surface area contributed by atoms with E-state index in [2.05, 4.69) is 4.98 Å². The number of hydrogen-bond acceptors (Lipinski definition) is 3. The van der Waals surface area contributed by atoms with Crippen molar-refractivity contribution in [3.05, 3.63) is 23.9 Å². The highest BCUT2D eigenvalue weighted by Crippen LogP contribution is 2.30. The fraction of sp³-hybridized carbons (Fsp3) is 0.545. The van der Waals surface area contributed by atoms with Gasteiger partial charge in [-0.2, -0.15) is 13.2 Å². The number of alkyl halides is 3. The van der Waals surface area contributed by atoms with E-state index in [9.17, 15) is 13.2 Å². The summed E-state index contributed by atoms with van der Waals surface area (Å²) >= 11 is 0. The Labute approximate surface area is 96.8 Å². The molecule has 0 radical (unpaired) electrons. The Morgan fingerprint density at radius 2 is 2.06 bits per heavy atom. The van der Waals surface area contributed by atoms with Gasteiger partial charge in [0.25, 0.3) is 0 Å². The van der Waals surface area contributed by atoms with Gasteiger partial charge in [0.1, 0.15) is 6.10 Å². The number of nitrogens with zero attached hydrogens (tertiary/aromatic N) is 1. The second-order valence-corrected chi connectivity index (χ2v) is 4.20. The number of hydrogen-bond donors (Lipinski definition) is 1. The first-order valence-electron chi connectivity index (χ1n) is 5.40. The van der Waals surface area contributed by atoms with Gasteiger partial charge in [0, 0.05) is 18.3 Å². The maximum absolute atomic E-state index is 12.3. The topological polar surface area (TPSA) is 48.1 Å². The first-order chi connectivity index (χ1) is 7.95. The molecule has 0 amide bonds. The smallest absolute Gasteiger partial charge is 0.417 e. The molecular weight excluding hydrogens is 233 g/mol. The summed E-state index contributed by atoms with van der Waals surface area (Å²) < 4.78 is 42.3. The molecule has 0 saturated heterocycles. The van der Waals surface area contributed by atoms with Crippen LogP contribution in [-0.4, -0.2) is 17.1 Å². The Morgan fingerprint density at radius 3 is 2.53 bits per heavy atom. The lowest BCUT2D eigenvalue weighted by atomic mass is 10.2. The van der Waals surface area contributed by atoms with Gasteiger partial charge in [0.15, 0.2) is 0 Å². The lowest BCUT2D eigenvalue weighted by molar-refractivity contribution is -0.137. The number of aromatic nitrogens is 1. The Balaban J connectivity index is 1.99. The normalized spacial score (nSPS) is 24.9. The van der Waals surface area contributed by atoms with E-state index < -0.39 is 11.7 Å². The van der Waals surface area contributed by atoms with Gasteiger partial charge in [0.2, 0.25) is 5.88 Å². The fourth-order valence-electron chi connectivity index (χ4n) is 1.87. The Kier molecular flexibility index (Phi) is 3.24. The third-order valence-electron chi connectivity index (χ3n) is 2.78. The Bertz CT molecular complexity index is 377. The van der Waals surface area contributed by atoms with Crippen LogP contribution in [0.3, 0.4) is 0 Å². The molecule has 1 fully saturated rings. The highest BCUT2D eigenvalue weighted by Gasteiger charge is 2.31. The lowest BCUT2D eigenvalue weighted by Crippen LogP contribution is -2.19. The Morgan fingerprint density at radius 1 is 1.29 bits per heavy atom. The largest absolute Gasteiger partial charge is 0.474 e. The van der Waals surface area contributed by atoms with E-state index in [0.717, 1.165) is 31.5 Å². The number of pyridine rings is 1. The standard InChI is InChI=1S/C11H13F3N2O/c12-11(13,14)7-1-4-10(16-6-7)17-9-3-2-8(15)5-9/h1,4,6,8-9H,2-3,5,15H2. The van der Waals surface area contributed by atoms with Crippen LogP contribution in [0.4, 0.5) is 13.2 Å². The van der Waals surface area contributed by atoms with Crippen molar-refractivity contribution in [3.63, 3.8) is 0 Å². The zero-order valence-electron chi connectivity index (χ0n) is 9.07. The second-order valence-electron chi connectivity index (χ2n) is 4.20. The van der Waals surface area contributed by atoms with Gasteiger partial charge in [-0.1, -0.05) is 0 Å². The van der Waals surface area contributed by atoms with E-state index >= 15 is 0 Å². The zero-order chi connectivity index (χ0) is 12.5. The summed E-state index contributed by atoms with van der Waals surface area (Å²) in [5, 5.41) is 0. The second kappa shape index (κ2) is 4.52. The van der Waals surface area contributed by atoms with Crippen LogP contribution in [0.2, 0.25) is 0 Å². The molecule has 1 saturated carbocycles. The number of nitrogens with two attached hydrogens (primary N) is 1. The van der Waals surface area contributed by atoms with Crippen molar-refractivity contribution in [1.82, 2.24) is 4.98 Å². The molecule has 0 bridgehead atoms. The predicted octanol–water partition coefficient (Wildman–Crippen LogP) is 2.36. The SMILES string of the molecule is NC1CCC(Oc2ccc(C(F)(F)F)cn2)C1. The van der Waals surface area contributed by atoms with Gasteiger partial charge < -0.3 is 10.5 Å². The summed E-state index contributed by atoms with van der Waals surface area (Å²) in [6, 6.07) is 2.33. The van der Waals surface area contributed by atoms with Crippen molar-refractivity contribution >= 4 is 0 Å². The van der Waals surface area contributed by atoms with Gasteiger partial charge >= 0.3 is 6.18 Å². The first-order valence-corrected chi connectivity index (χ1v) is 5.40. The van der Waals surface area contributed by atoms with Crippen molar-refractivity contribution in [2.45, 2.75) is 37.6 Å². The van der Waals surface area contributed by atoms with Crippen molar-refractivity contribution < 1.29 is 17.9 Å². The van der Waals surface area contributed by atoms with E-state index in [0.29, 0.717) is 0 Å². The molecule has 2 atom stereocenters. The predicted molar refractivity (Wildman–Crippen MR) is 55.5 cm³/mol. The van der Waals surface area contributed by atoms with E-state index in [-0.39, 0.29) is 18.0 Å². The molecular formula is C11H13F3N2O. The van der Waals surface area contributed by atoms with Crippen LogP contribution in [0.25, 0.3) is 0 Å². The summed E-state index contributed by atoms with van der Waals surface area (Å²) in [4.78, 5) is 3.65. The molecule has 0 spiro atoms. The van der Waals surface area contributed by atoms with Crippen LogP contribution in [0.1, 0.15) is 24.8 Å². The third-order valence-corrected chi connectivity index (χ3v) is 2.78. The highest BCUT2D eigenvalue weighted by atomic mass is 19.4. The van der Waals surface area contributed by atoms with Gasteiger partial charge in [-0.15, -0.1) is 0 Å². The summed E-state index contributed by atoms with van der Waals surface area (Å²) in [5.74, 6) is 0.220. The van der Waals surface area contributed by atoms with E-state index in [1.165, 1.54) is 6.07 Å². The lowest BCUT2D eigenvalue weighted by Gasteiger charge is -2.13. The van der Waals surface area contributed by atoms with Crippen molar-refractivity contribution in [2.24, 2.45) is 5.73 Å². The average Bonchev–Trinajstić information content (AvgIpc) is 2.63. The molecule has 1 aliphatic carbocycles. The molecule has 94 valence electrons. The minimum atomic E-state index is -4.36. The van der Waals surface area contributed by atoms with Crippen LogP contribution in [-0.2, 0) is 6.18 Å². The molecule has 3 nitrogen and oxygen atoms in total. The molecule has 1 aliphatic rings. The molecule has 0 aliphatic heterocycles. The van der Waals surface area contributed by atoms with Crippen molar-refractivity contribution in [3.8, 4) is 5.88 Å². The maximum Gasteiger partial charge on any atom is 0.417 e. The molecule has 2 unspecified atom stereocenters.